The van der Waals surface area contributed by atoms with Crippen LogP contribution in [0.3, 0.4) is 0 Å². The number of hydrogen-bond donors (Lipinski definition) is 2. The molecule has 2 aromatic carbocycles. The predicted molar refractivity (Wildman–Crippen MR) is 94.9 cm³/mol. The van der Waals surface area contributed by atoms with Gasteiger partial charge in [-0.15, -0.1) is 0 Å². The van der Waals surface area contributed by atoms with Crippen molar-refractivity contribution in [3.05, 3.63) is 65.5 Å². The zero-order chi connectivity index (χ0) is 17.6. The molecule has 1 aliphatic carbocycles. The lowest BCUT2D eigenvalue weighted by Gasteiger charge is -2.15. The third kappa shape index (κ3) is 4.66. The van der Waals surface area contributed by atoms with Crippen LogP contribution in [0.5, 0.6) is 0 Å². The summed E-state index contributed by atoms with van der Waals surface area (Å²) < 4.78 is 13.2. The third-order valence-electron chi connectivity index (χ3n) is 4.39. The number of para-hydroxylation sites is 1. The Bertz CT molecular complexity index is 770. The van der Waals surface area contributed by atoms with Gasteiger partial charge in [0.25, 0.3) is 5.91 Å². The van der Waals surface area contributed by atoms with Gasteiger partial charge < -0.3 is 10.6 Å². The second-order valence-electron chi connectivity index (χ2n) is 6.36. The zero-order valence-electron chi connectivity index (χ0n) is 13.9. The van der Waals surface area contributed by atoms with Crippen molar-refractivity contribution in [2.45, 2.75) is 38.1 Å². The standard InChI is InChI=1S/C20H21FN2O2/c21-15-7-5-6-14(12-15)13-19(24)23-18-11-4-3-10-17(18)20(25)22-16-8-1-2-9-16/h3-7,10-12,16H,1-2,8-9,13H2,(H,22,25)(H,23,24). The Morgan fingerprint density at radius 3 is 2.56 bits per heavy atom. The summed E-state index contributed by atoms with van der Waals surface area (Å²) in [5.74, 6) is -0.832. The monoisotopic (exact) mass is 340 g/mol. The van der Waals surface area contributed by atoms with Crippen molar-refractivity contribution in [1.82, 2.24) is 5.32 Å². The van der Waals surface area contributed by atoms with Crippen molar-refractivity contribution in [2.24, 2.45) is 0 Å². The first-order valence-electron chi connectivity index (χ1n) is 8.56. The number of rotatable bonds is 5. The van der Waals surface area contributed by atoms with Gasteiger partial charge in [-0.25, -0.2) is 4.39 Å². The van der Waals surface area contributed by atoms with Gasteiger partial charge >= 0.3 is 0 Å². The van der Waals surface area contributed by atoms with Crippen LogP contribution in [0, 0.1) is 5.82 Å². The van der Waals surface area contributed by atoms with Gasteiger partial charge in [0.1, 0.15) is 5.82 Å². The highest BCUT2D eigenvalue weighted by Gasteiger charge is 2.20. The molecule has 0 aliphatic heterocycles. The number of amides is 2. The molecule has 0 radical (unpaired) electrons. The zero-order valence-corrected chi connectivity index (χ0v) is 13.9. The highest BCUT2D eigenvalue weighted by molar-refractivity contribution is 6.04. The van der Waals surface area contributed by atoms with E-state index >= 15 is 0 Å². The normalized spacial score (nSPS) is 14.3. The fraction of sp³-hybridized carbons (Fsp3) is 0.300. The number of nitrogens with one attached hydrogen (secondary N) is 2. The molecule has 4 nitrogen and oxygen atoms in total. The van der Waals surface area contributed by atoms with Crippen LogP contribution in [-0.4, -0.2) is 17.9 Å². The van der Waals surface area contributed by atoms with Crippen LogP contribution in [0.25, 0.3) is 0 Å². The van der Waals surface area contributed by atoms with Crippen molar-refractivity contribution in [1.29, 1.82) is 0 Å². The average molecular weight is 340 g/mol. The number of halogens is 1. The Hall–Kier alpha value is -2.69. The second kappa shape index (κ2) is 7.92. The molecule has 0 saturated heterocycles. The summed E-state index contributed by atoms with van der Waals surface area (Å²) >= 11 is 0. The van der Waals surface area contributed by atoms with E-state index in [1.807, 2.05) is 0 Å². The lowest BCUT2D eigenvalue weighted by molar-refractivity contribution is -0.115. The summed E-state index contributed by atoms with van der Waals surface area (Å²) in [6, 6.07) is 13.1. The highest BCUT2D eigenvalue weighted by Crippen LogP contribution is 2.20. The summed E-state index contributed by atoms with van der Waals surface area (Å²) in [6.07, 6.45) is 4.32. The second-order valence-corrected chi connectivity index (χ2v) is 6.36. The number of hydrogen-bond acceptors (Lipinski definition) is 2. The van der Waals surface area contributed by atoms with E-state index in [0.29, 0.717) is 16.8 Å². The number of carbonyl (C=O) groups is 2. The first-order chi connectivity index (χ1) is 12.1. The first kappa shape index (κ1) is 17.1. The van der Waals surface area contributed by atoms with E-state index in [1.165, 1.54) is 12.1 Å². The fourth-order valence-corrected chi connectivity index (χ4v) is 3.15. The Balaban J connectivity index is 1.67. The largest absolute Gasteiger partial charge is 0.349 e. The van der Waals surface area contributed by atoms with Crippen LogP contribution in [0.1, 0.15) is 41.6 Å². The SMILES string of the molecule is O=C(Cc1cccc(F)c1)Nc1ccccc1C(=O)NC1CCCC1. The van der Waals surface area contributed by atoms with Gasteiger partial charge in [-0.3, -0.25) is 9.59 Å². The van der Waals surface area contributed by atoms with E-state index in [2.05, 4.69) is 10.6 Å². The van der Waals surface area contributed by atoms with E-state index in [9.17, 15) is 14.0 Å². The molecule has 0 heterocycles. The fourth-order valence-electron chi connectivity index (χ4n) is 3.15. The predicted octanol–water partition coefficient (Wildman–Crippen LogP) is 3.68. The summed E-state index contributed by atoms with van der Waals surface area (Å²) in [5, 5.41) is 5.79. The van der Waals surface area contributed by atoms with Gasteiger partial charge in [-0.2, -0.15) is 0 Å². The molecule has 1 aliphatic rings. The van der Waals surface area contributed by atoms with Gasteiger partial charge in [0, 0.05) is 6.04 Å². The summed E-state index contributed by atoms with van der Waals surface area (Å²) in [7, 11) is 0. The van der Waals surface area contributed by atoms with Crippen molar-refractivity contribution in [2.75, 3.05) is 5.32 Å². The minimum absolute atomic E-state index is 0.0519. The molecule has 2 N–H and O–H groups in total. The van der Waals surface area contributed by atoms with Crippen LogP contribution >= 0.6 is 0 Å². The first-order valence-corrected chi connectivity index (χ1v) is 8.56. The molecule has 1 fully saturated rings. The molecule has 5 heteroatoms. The molecule has 0 aromatic heterocycles. The molecular formula is C20H21FN2O2. The third-order valence-corrected chi connectivity index (χ3v) is 4.39. The summed E-state index contributed by atoms with van der Waals surface area (Å²) in [5.41, 5.74) is 1.51. The molecule has 0 atom stereocenters. The quantitative estimate of drug-likeness (QED) is 0.872. The lowest BCUT2D eigenvalue weighted by Crippen LogP contribution is -2.33. The van der Waals surface area contributed by atoms with Crippen LogP contribution in [0.15, 0.2) is 48.5 Å². The van der Waals surface area contributed by atoms with Crippen LogP contribution in [-0.2, 0) is 11.2 Å². The summed E-state index contributed by atoms with van der Waals surface area (Å²) in [4.78, 5) is 24.7. The Kier molecular flexibility index (Phi) is 5.43. The molecule has 0 spiro atoms. The average Bonchev–Trinajstić information content (AvgIpc) is 3.08. The number of anilines is 1. The minimum Gasteiger partial charge on any atom is -0.349 e. The molecular weight excluding hydrogens is 319 g/mol. The maximum atomic E-state index is 13.2. The Morgan fingerprint density at radius 2 is 1.80 bits per heavy atom. The van der Waals surface area contributed by atoms with Crippen LogP contribution < -0.4 is 10.6 Å². The van der Waals surface area contributed by atoms with E-state index in [4.69, 9.17) is 0 Å². The molecule has 0 bridgehead atoms. The maximum Gasteiger partial charge on any atom is 0.253 e. The molecule has 25 heavy (non-hydrogen) atoms. The van der Waals surface area contributed by atoms with Crippen LogP contribution in [0.2, 0.25) is 0 Å². The van der Waals surface area contributed by atoms with Crippen molar-refractivity contribution in [3.8, 4) is 0 Å². The highest BCUT2D eigenvalue weighted by atomic mass is 19.1. The van der Waals surface area contributed by atoms with E-state index in [-0.39, 0.29) is 30.1 Å². The summed E-state index contributed by atoms with van der Waals surface area (Å²) in [6.45, 7) is 0. The van der Waals surface area contributed by atoms with Gasteiger partial charge in [0.05, 0.1) is 17.7 Å². The maximum absolute atomic E-state index is 13.2. The molecule has 2 aromatic rings. The smallest absolute Gasteiger partial charge is 0.253 e. The Morgan fingerprint density at radius 1 is 1.04 bits per heavy atom. The lowest BCUT2D eigenvalue weighted by atomic mass is 10.1. The molecule has 130 valence electrons. The topological polar surface area (TPSA) is 58.2 Å². The van der Waals surface area contributed by atoms with Crippen molar-refractivity contribution < 1.29 is 14.0 Å². The molecule has 3 rings (SSSR count). The van der Waals surface area contributed by atoms with Crippen molar-refractivity contribution >= 4 is 17.5 Å². The van der Waals surface area contributed by atoms with Gasteiger partial charge in [0.15, 0.2) is 0 Å². The van der Waals surface area contributed by atoms with E-state index < -0.39 is 0 Å². The van der Waals surface area contributed by atoms with Gasteiger partial charge in [-0.05, 0) is 42.7 Å². The van der Waals surface area contributed by atoms with E-state index in [0.717, 1.165) is 25.7 Å². The minimum atomic E-state index is -0.373. The molecule has 1 saturated carbocycles. The number of benzene rings is 2. The van der Waals surface area contributed by atoms with Gasteiger partial charge in [-0.1, -0.05) is 37.1 Å². The molecule has 0 unspecified atom stereocenters. The number of carbonyl (C=O) groups excluding carboxylic acids is 2. The van der Waals surface area contributed by atoms with Gasteiger partial charge in [0.2, 0.25) is 5.91 Å². The van der Waals surface area contributed by atoms with Crippen molar-refractivity contribution in [3.63, 3.8) is 0 Å². The van der Waals surface area contributed by atoms with Crippen LogP contribution in [0.4, 0.5) is 10.1 Å². The molecule has 2 amide bonds. The Labute approximate surface area is 146 Å². The van der Waals surface area contributed by atoms with E-state index in [1.54, 1.807) is 36.4 Å².